The van der Waals surface area contributed by atoms with Crippen LogP contribution in [0.3, 0.4) is 0 Å². The van der Waals surface area contributed by atoms with Crippen LogP contribution in [0.5, 0.6) is 0 Å². The van der Waals surface area contributed by atoms with Crippen LogP contribution in [0.4, 0.5) is 5.69 Å². The molecule has 3 heteroatoms. The maximum atomic E-state index is 11.3. The SMILES string of the molecule is CC(C(=O)O)c1ccc2c(c1)CCC(C)(C)N2Cc1ccccc1. The van der Waals surface area contributed by atoms with Gasteiger partial charge in [0.15, 0.2) is 0 Å². The van der Waals surface area contributed by atoms with Gasteiger partial charge in [0.1, 0.15) is 0 Å². The summed E-state index contributed by atoms with van der Waals surface area (Å²) in [5, 5.41) is 9.26. The Kier molecular flexibility index (Phi) is 4.35. The fraction of sp³-hybridized carbons (Fsp3) is 0.381. The molecule has 0 bridgehead atoms. The summed E-state index contributed by atoms with van der Waals surface area (Å²) >= 11 is 0. The van der Waals surface area contributed by atoms with Gasteiger partial charge in [-0.1, -0.05) is 42.5 Å². The maximum absolute atomic E-state index is 11.3. The number of carboxylic acids is 1. The third-order valence-electron chi connectivity index (χ3n) is 5.19. The number of aliphatic carboxylic acids is 1. The number of carboxylic acid groups (broad SMARTS) is 1. The van der Waals surface area contributed by atoms with Gasteiger partial charge in [0.05, 0.1) is 5.92 Å². The molecule has 0 radical (unpaired) electrons. The first-order valence-corrected chi connectivity index (χ1v) is 8.56. The summed E-state index contributed by atoms with van der Waals surface area (Å²) < 4.78 is 0. The predicted octanol–water partition coefficient (Wildman–Crippen LogP) is 4.61. The molecule has 24 heavy (non-hydrogen) atoms. The normalized spacial score (nSPS) is 17.2. The van der Waals surface area contributed by atoms with Gasteiger partial charge in [-0.2, -0.15) is 0 Å². The zero-order valence-electron chi connectivity index (χ0n) is 14.6. The number of nitrogens with zero attached hydrogens (tertiary/aromatic N) is 1. The third-order valence-corrected chi connectivity index (χ3v) is 5.19. The minimum Gasteiger partial charge on any atom is -0.481 e. The Morgan fingerprint density at radius 3 is 2.58 bits per heavy atom. The van der Waals surface area contributed by atoms with E-state index in [9.17, 15) is 9.90 Å². The Morgan fingerprint density at radius 2 is 1.92 bits per heavy atom. The largest absolute Gasteiger partial charge is 0.481 e. The van der Waals surface area contributed by atoms with Gasteiger partial charge >= 0.3 is 5.97 Å². The third kappa shape index (κ3) is 3.16. The molecule has 0 saturated carbocycles. The van der Waals surface area contributed by atoms with Crippen LogP contribution in [-0.4, -0.2) is 16.6 Å². The van der Waals surface area contributed by atoms with Crippen molar-refractivity contribution in [3.63, 3.8) is 0 Å². The summed E-state index contributed by atoms with van der Waals surface area (Å²) in [6.07, 6.45) is 2.06. The van der Waals surface area contributed by atoms with Crippen LogP contribution in [0.15, 0.2) is 48.5 Å². The molecule has 1 aliphatic heterocycles. The summed E-state index contributed by atoms with van der Waals surface area (Å²) in [6, 6.07) is 16.7. The van der Waals surface area contributed by atoms with E-state index in [-0.39, 0.29) is 5.54 Å². The average molecular weight is 323 g/mol. The van der Waals surface area contributed by atoms with E-state index >= 15 is 0 Å². The van der Waals surface area contributed by atoms with Crippen LogP contribution < -0.4 is 4.90 Å². The van der Waals surface area contributed by atoms with E-state index in [0.29, 0.717) is 0 Å². The standard InChI is InChI=1S/C21H25NO2/c1-15(20(23)24)17-9-10-19-18(13-17)11-12-21(2,3)22(19)14-16-7-5-4-6-8-16/h4-10,13,15H,11-12,14H2,1-3H3,(H,23,24). The average Bonchev–Trinajstić information content (AvgIpc) is 2.57. The van der Waals surface area contributed by atoms with Crippen LogP contribution in [0.1, 0.15) is 49.8 Å². The second kappa shape index (κ2) is 6.31. The van der Waals surface area contributed by atoms with Gasteiger partial charge in [-0.3, -0.25) is 4.79 Å². The van der Waals surface area contributed by atoms with Gasteiger partial charge in [0.25, 0.3) is 0 Å². The molecule has 2 aromatic rings. The molecule has 0 spiro atoms. The van der Waals surface area contributed by atoms with Crippen LogP contribution in [0, 0.1) is 0 Å². The Bertz CT molecular complexity index is 737. The van der Waals surface area contributed by atoms with Crippen molar-refractivity contribution in [1.82, 2.24) is 0 Å². The zero-order chi connectivity index (χ0) is 17.3. The van der Waals surface area contributed by atoms with E-state index in [4.69, 9.17) is 0 Å². The molecule has 126 valence electrons. The molecule has 1 atom stereocenters. The Labute approximate surface area is 143 Å². The molecule has 1 N–H and O–H groups in total. The van der Waals surface area contributed by atoms with Crippen molar-refractivity contribution in [1.29, 1.82) is 0 Å². The summed E-state index contributed by atoms with van der Waals surface area (Å²) in [4.78, 5) is 13.7. The lowest BCUT2D eigenvalue weighted by Gasteiger charge is -2.45. The first kappa shape index (κ1) is 16.6. The summed E-state index contributed by atoms with van der Waals surface area (Å²) in [5.41, 5.74) is 4.76. The molecule has 1 heterocycles. The van der Waals surface area contributed by atoms with Crippen molar-refractivity contribution in [2.45, 2.75) is 51.6 Å². The highest BCUT2D eigenvalue weighted by Gasteiger charge is 2.33. The minimum absolute atomic E-state index is 0.0861. The highest BCUT2D eigenvalue weighted by atomic mass is 16.4. The fourth-order valence-corrected chi connectivity index (χ4v) is 3.45. The van der Waals surface area contributed by atoms with E-state index in [1.807, 2.05) is 12.1 Å². The number of fused-ring (bicyclic) bond motifs is 1. The Hall–Kier alpha value is -2.29. The van der Waals surface area contributed by atoms with E-state index in [0.717, 1.165) is 24.9 Å². The highest BCUT2D eigenvalue weighted by Crippen LogP contribution is 2.39. The van der Waals surface area contributed by atoms with Gasteiger partial charge in [-0.25, -0.2) is 0 Å². The molecule has 0 amide bonds. The molecule has 3 rings (SSSR count). The second-order valence-corrected chi connectivity index (χ2v) is 7.33. The van der Waals surface area contributed by atoms with Crippen molar-refractivity contribution in [3.05, 3.63) is 65.2 Å². The topological polar surface area (TPSA) is 40.5 Å². The van der Waals surface area contributed by atoms with Gasteiger partial charge in [0.2, 0.25) is 0 Å². The van der Waals surface area contributed by atoms with Gasteiger partial charge < -0.3 is 10.0 Å². The first-order chi connectivity index (χ1) is 11.4. The molecule has 1 aliphatic rings. The summed E-state index contributed by atoms with van der Waals surface area (Å²) in [7, 11) is 0. The smallest absolute Gasteiger partial charge is 0.310 e. The van der Waals surface area contributed by atoms with E-state index in [1.54, 1.807) is 6.92 Å². The van der Waals surface area contributed by atoms with Crippen molar-refractivity contribution < 1.29 is 9.90 Å². The number of benzene rings is 2. The lowest BCUT2D eigenvalue weighted by atomic mass is 9.84. The molecule has 3 nitrogen and oxygen atoms in total. The van der Waals surface area contributed by atoms with Crippen LogP contribution in [0.25, 0.3) is 0 Å². The quantitative estimate of drug-likeness (QED) is 0.893. The molecule has 0 aromatic heterocycles. The number of hydrogen-bond acceptors (Lipinski definition) is 2. The second-order valence-electron chi connectivity index (χ2n) is 7.33. The summed E-state index contributed by atoms with van der Waals surface area (Å²) in [6.45, 7) is 7.19. The lowest BCUT2D eigenvalue weighted by molar-refractivity contribution is -0.138. The molecule has 0 saturated heterocycles. The minimum atomic E-state index is -0.771. The van der Waals surface area contributed by atoms with Crippen molar-refractivity contribution in [2.75, 3.05) is 4.90 Å². The number of carbonyl (C=O) groups is 1. The number of hydrogen-bond donors (Lipinski definition) is 1. The molecular formula is C21H25NO2. The maximum Gasteiger partial charge on any atom is 0.310 e. The molecular weight excluding hydrogens is 298 g/mol. The van der Waals surface area contributed by atoms with Gasteiger partial charge in [-0.05, 0) is 56.4 Å². The van der Waals surface area contributed by atoms with E-state index < -0.39 is 11.9 Å². The monoisotopic (exact) mass is 323 g/mol. The van der Waals surface area contributed by atoms with Crippen molar-refractivity contribution in [2.24, 2.45) is 0 Å². The van der Waals surface area contributed by atoms with Gasteiger partial charge in [-0.15, -0.1) is 0 Å². The molecule has 1 unspecified atom stereocenters. The van der Waals surface area contributed by atoms with E-state index in [2.05, 4.69) is 55.1 Å². The Morgan fingerprint density at radius 1 is 1.21 bits per heavy atom. The van der Waals surface area contributed by atoms with Crippen LogP contribution in [0.2, 0.25) is 0 Å². The van der Waals surface area contributed by atoms with Crippen LogP contribution in [-0.2, 0) is 17.8 Å². The number of anilines is 1. The first-order valence-electron chi connectivity index (χ1n) is 8.56. The number of aryl methyl sites for hydroxylation is 1. The molecule has 0 fully saturated rings. The molecule has 0 aliphatic carbocycles. The summed E-state index contributed by atoms with van der Waals surface area (Å²) in [5.74, 6) is -1.24. The zero-order valence-corrected chi connectivity index (χ0v) is 14.6. The fourth-order valence-electron chi connectivity index (χ4n) is 3.45. The Balaban J connectivity index is 1.96. The number of rotatable bonds is 4. The van der Waals surface area contributed by atoms with Crippen LogP contribution >= 0.6 is 0 Å². The van der Waals surface area contributed by atoms with Crippen molar-refractivity contribution in [3.8, 4) is 0 Å². The van der Waals surface area contributed by atoms with Crippen molar-refractivity contribution >= 4 is 11.7 Å². The predicted molar refractivity (Wildman–Crippen MR) is 97.5 cm³/mol. The van der Waals surface area contributed by atoms with E-state index in [1.165, 1.54) is 16.8 Å². The van der Waals surface area contributed by atoms with Gasteiger partial charge in [0, 0.05) is 17.8 Å². The lowest BCUT2D eigenvalue weighted by Crippen LogP contribution is -2.47. The highest BCUT2D eigenvalue weighted by molar-refractivity contribution is 5.76. The molecule has 2 aromatic carbocycles.